The Morgan fingerprint density at radius 1 is 1.50 bits per heavy atom. The standard InChI is InChI=1S/C3H3NO2S.Na.H/c5-2-1-7-3(6)4-2;;/h1H2,(H,4,5,6);;. The Kier molecular flexibility index (Phi) is 3.72. The van der Waals surface area contributed by atoms with E-state index in [1.54, 1.807) is 0 Å². The number of carbonyl (C=O) groups excluding carboxylic acids is 2. The second-order valence-corrected chi connectivity index (χ2v) is 2.07. The number of imide groups is 1. The monoisotopic (exact) mass is 141 g/mol. The predicted octanol–water partition coefficient (Wildman–Crippen LogP) is -0.679. The van der Waals surface area contributed by atoms with Crippen LogP contribution in [-0.2, 0) is 4.79 Å². The molecule has 0 bridgehead atoms. The Bertz CT molecular complexity index is 112. The molecule has 1 heterocycles. The average molecular weight is 141 g/mol. The third-order valence-corrected chi connectivity index (χ3v) is 1.35. The maximum atomic E-state index is 10.1. The van der Waals surface area contributed by atoms with Crippen molar-refractivity contribution < 1.29 is 9.59 Å². The van der Waals surface area contributed by atoms with E-state index in [0.717, 1.165) is 11.8 Å². The van der Waals surface area contributed by atoms with Crippen molar-refractivity contribution in [2.45, 2.75) is 0 Å². The number of nitrogens with one attached hydrogen (secondary N) is 1. The molecule has 0 unspecified atom stereocenters. The van der Waals surface area contributed by atoms with Gasteiger partial charge >= 0.3 is 29.6 Å². The second-order valence-electron chi connectivity index (χ2n) is 1.12. The number of amides is 2. The van der Waals surface area contributed by atoms with Crippen LogP contribution in [0.15, 0.2) is 0 Å². The van der Waals surface area contributed by atoms with E-state index in [-0.39, 0.29) is 40.7 Å². The first kappa shape index (κ1) is 8.49. The van der Waals surface area contributed by atoms with Crippen LogP contribution in [-0.4, -0.2) is 46.5 Å². The van der Waals surface area contributed by atoms with Crippen LogP contribution in [0, 0.1) is 0 Å². The van der Waals surface area contributed by atoms with E-state index in [0.29, 0.717) is 5.75 Å². The average Bonchev–Trinajstić information content (AvgIpc) is 1.87. The van der Waals surface area contributed by atoms with E-state index in [1.165, 1.54) is 0 Å². The maximum absolute atomic E-state index is 10.1. The van der Waals surface area contributed by atoms with Crippen molar-refractivity contribution >= 4 is 52.5 Å². The molecule has 0 atom stereocenters. The number of rotatable bonds is 0. The Labute approximate surface area is 72.9 Å². The van der Waals surface area contributed by atoms with Gasteiger partial charge in [-0.05, 0) is 0 Å². The van der Waals surface area contributed by atoms with Crippen LogP contribution in [0.4, 0.5) is 4.79 Å². The van der Waals surface area contributed by atoms with Gasteiger partial charge in [0.25, 0.3) is 5.24 Å². The predicted molar refractivity (Wildman–Crippen MR) is 33.1 cm³/mol. The van der Waals surface area contributed by atoms with Gasteiger partial charge in [0.15, 0.2) is 0 Å². The van der Waals surface area contributed by atoms with Crippen molar-refractivity contribution in [2.75, 3.05) is 5.75 Å². The Balaban J connectivity index is 0.000000490. The summed E-state index contributed by atoms with van der Waals surface area (Å²) < 4.78 is 0. The van der Waals surface area contributed by atoms with E-state index in [9.17, 15) is 9.59 Å². The molecule has 0 aromatic rings. The van der Waals surface area contributed by atoms with E-state index >= 15 is 0 Å². The summed E-state index contributed by atoms with van der Waals surface area (Å²) in [6.45, 7) is 0. The van der Waals surface area contributed by atoms with Gasteiger partial charge in [0, 0.05) is 0 Å². The molecule has 0 aromatic carbocycles. The van der Waals surface area contributed by atoms with Crippen LogP contribution in [0.2, 0.25) is 0 Å². The molecular weight excluding hydrogens is 137 g/mol. The summed E-state index contributed by atoms with van der Waals surface area (Å²) in [6.07, 6.45) is 0. The number of hydrogen-bond donors (Lipinski definition) is 1. The minimum atomic E-state index is -0.231. The van der Waals surface area contributed by atoms with Crippen molar-refractivity contribution in [3.05, 3.63) is 0 Å². The molecule has 0 aliphatic carbocycles. The van der Waals surface area contributed by atoms with Crippen LogP contribution in [0.25, 0.3) is 0 Å². The molecule has 5 heteroatoms. The quantitative estimate of drug-likeness (QED) is 0.455. The topological polar surface area (TPSA) is 46.2 Å². The van der Waals surface area contributed by atoms with Gasteiger partial charge in [-0.25, -0.2) is 0 Å². The SMILES string of the molecule is O=C1CSC(=O)N1.[NaH]. The molecule has 0 radical (unpaired) electrons. The molecule has 1 aliphatic rings. The number of hydrogen-bond acceptors (Lipinski definition) is 3. The first-order valence-electron chi connectivity index (χ1n) is 1.75. The zero-order valence-electron chi connectivity index (χ0n) is 3.43. The zero-order valence-corrected chi connectivity index (χ0v) is 4.25. The fraction of sp³-hybridized carbons (Fsp3) is 0.333. The third kappa shape index (κ3) is 2.17. The van der Waals surface area contributed by atoms with E-state index in [4.69, 9.17) is 0 Å². The van der Waals surface area contributed by atoms with E-state index in [2.05, 4.69) is 5.32 Å². The summed E-state index contributed by atoms with van der Waals surface area (Å²) in [5, 5.41) is 1.87. The summed E-state index contributed by atoms with van der Waals surface area (Å²) >= 11 is 1.01. The Morgan fingerprint density at radius 3 is 2.25 bits per heavy atom. The van der Waals surface area contributed by atoms with E-state index in [1.807, 2.05) is 0 Å². The molecule has 40 valence electrons. The van der Waals surface area contributed by atoms with Gasteiger partial charge in [-0.15, -0.1) is 0 Å². The van der Waals surface area contributed by atoms with Gasteiger partial charge in [0.05, 0.1) is 5.75 Å². The molecule has 1 saturated heterocycles. The Morgan fingerprint density at radius 2 is 2.12 bits per heavy atom. The van der Waals surface area contributed by atoms with Crippen molar-refractivity contribution in [3.8, 4) is 0 Å². The summed E-state index contributed by atoms with van der Waals surface area (Å²) in [5.41, 5.74) is 0. The van der Waals surface area contributed by atoms with Crippen LogP contribution in [0.3, 0.4) is 0 Å². The minimum absolute atomic E-state index is 0. The molecular formula is C3H4NNaO2S. The molecule has 1 fully saturated rings. The van der Waals surface area contributed by atoms with Crippen LogP contribution in [0.1, 0.15) is 0 Å². The zero-order chi connectivity index (χ0) is 5.28. The molecule has 1 rings (SSSR count). The molecule has 1 N–H and O–H groups in total. The summed E-state index contributed by atoms with van der Waals surface area (Å²) in [4.78, 5) is 20.2. The molecule has 0 saturated carbocycles. The molecule has 1 aliphatic heterocycles. The number of carbonyl (C=O) groups is 2. The summed E-state index contributed by atoms with van der Waals surface area (Å²) in [5.74, 6) is 0.105. The first-order valence-corrected chi connectivity index (χ1v) is 2.74. The van der Waals surface area contributed by atoms with Gasteiger partial charge < -0.3 is 0 Å². The van der Waals surface area contributed by atoms with Crippen molar-refractivity contribution in [1.82, 2.24) is 5.32 Å². The second kappa shape index (κ2) is 3.50. The van der Waals surface area contributed by atoms with Crippen molar-refractivity contribution in [1.29, 1.82) is 0 Å². The summed E-state index contributed by atoms with van der Waals surface area (Å²) in [7, 11) is 0. The first-order chi connectivity index (χ1) is 3.29. The Hall–Kier alpha value is 0.490. The molecule has 3 nitrogen and oxygen atoms in total. The fourth-order valence-corrected chi connectivity index (χ4v) is 0.837. The molecule has 0 aromatic heterocycles. The van der Waals surface area contributed by atoms with Gasteiger partial charge in [0.1, 0.15) is 0 Å². The van der Waals surface area contributed by atoms with Gasteiger partial charge in [-0.2, -0.15) is 0 Å². The fourth-order valence-electron chi connectivity index (χ4n) is 0.317. The van der Waals surface area contributed by atoms with Gasteiger partial charge in [0.2, 0.25) is 5.91 Å². The van der Waals surface area contributed by atoms with E-state index < -0.39 is 0 Å². The van der Waals surface area contributed by atoms with Crippen LogP contribution in [0.5, 0.6) is 0 Å². The molecule has 8 heavy (non-hydrogen) atoms. The van der Waals surface area contributed by atoms with Crippen molar-refractivity contribution in [2.24, 2.45) is 0 Å². The van der Waals surface area contributed by atoms with Crippen molar-refractivity contribution in [3.63, 3.8) is 0 Å². The molecule has 0 spiro atoms. The third-order valence-electron chi connectivity index (χ3n) is 0.576. The van der Waals surface area contributed by atoms with Gasteiger partial charge in [-0.1, -0.05) is 11.8 Å². The molecule has 2 amide bonds. The normalized spacial score (nSPS) is 17.5. The summed E-state index contributed by atoms with van der Waals surface area (Å²) in [6, 6.07) is 0. The van der Waals surface area contributed by atoms with Gasteiger partial charge in [-0.3, -0.25) is 14.9 Å². The number of thioether (sulfide) groups is 1. The van der Waals surface area contributed by atoms with Crippen LogP contribution < -0.4 is 5.32 Å². The van der Waals surface area contributed by atoms with Crippen LogP contribution >= 0.6 is 11.8 Å².